The Labute approximate surface area is 316 Å². The van der Waals surface area contributed by atoms with E-state index in [1.807, 2.05) is 34.9 Å². The minimum atomic E-state index is -1.24. The molecular formula is C42H53N5O5S. The Bertz CT molecular complexity index is 1870. The van der Waals surface area contributed by atoms with Gasteiger partial charge in [0.15, 0.2) is 0 Å². The number of ether oxygens (including phenoxy) is 2. The summed E-state index contributed by atoms with van der Waals surface area (Å²) >= 11 is 0. The van der Waals surface area contributed by atoms with Crippen LogP contribution in [-0.4, -0.2) is 77.5 Å². The molecule has 1 unspecified atom stereocenters. The van der Waals surface area contributed by atoms with Gasteiger partial charge in [0.1, 0.15) is 12.4 Å². The zero-order chi connectivity index (χ0) is 37.7. The van der Waals surface area contributed by atoms with Crippen LogP contribution in [0.15, 0.2) is 89.7 Å². The maximum atomic E-state index is 13.5. The van der Waals surface area contributed by atoms with Crippen LogP contribution in [0, 0.1) is 5.92 Å². The molecule has 2 amide bonds. The van der Waals surface area contributed by atoms with Gasteiger partial charge in [-0.3, -0.25) is 13.8 Å². The van der Waals surface area contributed by atoms with Crippen molar-refractivity contribution in [2.45, 2.75) is 63.6 Å². The van der Waals surface area contributed by atoms with E-state index in [0.29, 0.717) is 41.7 Å². The average Bonchev–Trinajstić information content (AvgIpc) is 3.83. The van der Waals surface area contributed by atoms with Gasteiger partial charge in [-0.15, -0.1) is 0 Å². The highest BCUT2D eigenvalue weighted by Crippen LogP contribution is 2.34. The van der Waals surface area contributed by atoms with Gasteiger partial charge in [0, 0.05) is 68.4 Å². The molecule has 0 spiro atoms. The van der Waals surface area contributed by atoms with Crippen molar-refractivity contribution in [3.8, 4) is 16.9 Å². The van der Waals surface area contributed by atoms with Crippen molar-refractivity contribution in [3.63, 3.8) is 0 Å². The van der Waals surface area contributed by atoms with E-state index in [1.54, 1.807) is 62.7 Å². The fourth-order valence-corrected chi connectivity index (χ4v) is 7.46. The standard InChI is InChI=1S/C42H53N5O5S/c1-6-8-22-51-23-24-52-38-14-9-32(10-15-38)33-11-18-40(46-21-19-34(28-46)42(49)45(4)5)35(26-33)25-31(3)41(48)44-36-12-16-39(17-13-36)53(50)29-37-27-43-30-47(37)20-7-2/h9-18,25-27,30,34H,6-8,19-24,28-29H2,1-5H3,(H,44,48)/b31-25+/t34?,53-/m0/s1. The van der Waals surface area contributed by atoms with Crippen LogP contribution >= 0.6 is 0 Å². The molecule has 11 heteroatoms. The highest BCUT2D eigenvalue weighted by atomic mass is 32.2. The fourth-order valence-electron chi connectivity index (χ4n) is 6.34. The first-order valence-electron chi connectivity index (χ1n) is 18.5. The molecule has 0 saturated carbocycles. The van der Waals surface area contributed by atoms with Crippen molar-refractivity contribution in [1.82, 2.24) is 14.5 Å². The predicted molar refractivity (Wildman–Crippen MR) is 213 cm³/mol. The lowest BCUT2D eigenvalue weighted by atomic mass is 9.99. The lowest BCUT2D eigenvalue weighted by Crippen LogP contribution is -2.32. The molecule has 0 bridgehead atoms. The molecule has 1 N–H and O–H groups in total. The second kappa shape index (κ2) is 19.4. The number of amides is 2. The van der Waals surface area contributed by atoms with Gasteiger partial charge >= 0.3 is 0 Å². The molecule has 1 aliphatic heterocycles. The van der Waals surface area contributed by atoms with Crippen LogP contribution in [0.25, 0.3) is 17.2 Å². The molecule has 3 aromatic carbocycles. The average molecular weight is 740 g/mol. The van der Waals surface area contributed by atoms with E-state index in [-0.39, 0.29) is 17.7 Å². The summed E-state index contributed by atoms with van der Waals surface area (Å²) in [5.41, 5.74) is 5.98. The first kappa shape index (κ1) is 39.5. The Kier molecular flexibility index (Phi) is 14.4. The highest BCUT2D eigenvalue weighted by Gasteiger charge is 2.30. The number of nitrogens with one attached hydrogen (secondary N) is 1. The normalized spacial score (nSPS) is 15.0. The number of hydrogen-bond acceptors (Lipinski definition) is 7. The highest BCUT2D eigenvalue weighted by molar-refractivity contribution is 7.84. The number of aromatic nitrogens is 2. The van der Waals surface area contributed by atoms with E-state index in [9.17, 15) is 13.8 Å². The van der Waals surface area contributed by atoms with Crippen molar-refractivity contribution in [3.05, 3.63) is 96.1 Å². The third-order valence-corrected chi connectivity index (χ3v) is 10.7. The van der Waals surface area contributed by atoms with Gasteiger partial charge in [-0.05, 0) is 97.5 Å². The van der Waals surface area contributed by atoms with E-state index in [1.165, 1.54) is 0 Å². The van der Waals surface area contributed by atoms with Crippen LogP contribution < -0.4 is 15.0 Å². The Balaban J connectivity index is 1.31. The summed E-state index contributed by atoms with van der Waals surface area (Å²) < 4.78 is 26.6. The van der Waals surface area contributed by atoms with Crippen LogP contribution in [0.1, 0.15) is 57.7 Å². The molecule has 5 rings (SSSR count). The molecule has 53 heavy (non-hydrogen) atoms. The van der Waals surface area contributed by atoms with Gasteiger partial charge in [-0.25, -0.2) is 4.98 Å². The van der Waals surface area contributed by atoms with Gasteiger partial charge in [-0.1, -0.05) is 38.5 Å². The van der Waals surface area contributed by atoms with Crippen LogP contribution in [-0.2, 0) is 37.4 Å². The van der Waals surface area contributed by atoms with Gasteiger partial charge in [0.2, 0.25) is 5.91 Å². The lowest BCUT2D eigenvalue weighted by Gasteiger charge is -2.23. The molecular weight excluding hydrogens is 687 g/mol. The summed E-state index contributed by atoms with van der Waals surface area (Å²) in [4.78, 5) is 35.1. The summed E-state index contributed by atoms with van der Waals surface area (Å²) in [5, 5.41) is 3.00. The number of anilines is 2. The monoisotopic (exact) mass is 739 g/mol. The largest absolute Gasteiger partial charge is 0.491 e. The van der Waals surface area contributed by atoms with Crippen LogP contribution in [0.2, 0.25) is 0 Å². The summed E-state index contributed by atoms with van der Waals surface area (Å²) in [6.07, 6.45) is 9.36. The maximum absolute atomic E-state index is 13.5. The number of unbranched alkanes of at least 4 members (excludes halogenated alkanes) is 1. The third kappa shape index (κ3) is 10.9. The molecule has 10 nitrogen and oxygen atoms in total. The predicted octanol–water partition coefficient (Wildman–Crippen LogP) is 7.42. The number of hydrogen-bond donors (Lipinski definition) is 1. The zero-order valence-corrected chi connectivity index (χ0v) is 32.5. The quantitative estimate of drug-likeness (QED) is 0.0837. The third-order valence-electron chi connectivity index (χ3n) is 9.32. The molecule has 1 aliphatic rings. The van der Waals surface area contributed by atoms with Gasteiger partial charge in [0.25, 0.3) is 5.91 Å². The fraction of sp³-hybridized carbons (Fsp3) is 0.405. The number of aryl methyl sites for hydroxylation is 1. The van der Waals surface area contributed by atoms with E-state index in [4.69, 9.17) is 9.47 Å². The Hall–Kier alpha value is -4.74. The SMILES string of the molecule is CCCCOCCOc1ccc(-c2ccc(N3CCC(C(=O)N(C)C)C3)c(/C=C(\C)C(=O)Nc3ccc([S@@](=O)Cc4cncn4CCC)cc3)c2)cc1. The number of carbonyl (C=O) groups excluding carboxylic acids is 2. The Morgan fingerprint density at radius 3 is 2.45 bits per heavy atom. The van der Waals surface area contributed by atoms with Crippen LogP contribution in [0.4, 0.5) is 11.4 Å². The van der Waals surface area contributed by atoms with E-state index in [2.05, 4.69) is 47.2 Å². The molecule has 282 valence electrons. The first-order valence-corrected chi connectivity index (χ1v) is 19.9. The zero-order valence-electron chi connectivity index (χ0n) is 31.7. The van der Waals surface area contributed by atoms with E-state index in [0.717, 1.165) is 79.2 Å². The van der Waals surface area contributed by atoms with Gasteiger partial charge in [-0.2, -0.15) is 0 Å². The summed E-state index contributed by atoms with van der Waals surface area (Å²) in [7, 11) is 2.35. The van der Waals surface area contributed by atoms with Crippen molar-refractivity contribution in [1.29, 1.82) is 0 Å². The lowest BCUT2D eigenvalue weighted by molar-refractivity contribution is -0.132. The van der Waals surface area contributed by atoms with Crippen molar-refractivity contribution in [2.24, 2.45) is 5.92 Å². The molecule has 2 atom stereocenters. The van der Waals surface area contributed by atoms with E-state index < -0.39 is 10.8 Å². The van der Waals surface area contributed by atoms with E-state index >= 15 is 0 Å². The number of imidazole rings is 1. The maximum Gasteiger partial charge on any atom is 0.251 e. The topological polar surface area (TPSA) is 106 Å². The summed E-state index contributed by atoms with van der Waals surface area (Å²) in [6, 6.07) is 21.4. The van der Waals surface area contributed by atoms with Crippen LogP contribution in [0.5, 0.6) is 5.75 Å². The minimum Gasteiger partial charge on any atom is -0.491 e. The van der Waals surface area contributed by atoms with Crippen molar-refractivity contribution < 1.29 is 23.3 Å². The Morgan fingerprint density at radius 2 is 1.74 bits per heavy atom. The molecule has 4 aromatic rings. The molecule has 1 aromatic heterocycles. The number of nitrogens with zero attached hydrogens (tertiary/aromatic N) is 4. The van der Waals surface area contributed by atoms with Crippen molar-refractivity contribution in [2.75, 3.05) is 57.2 Å². The van der Waals surface area contributed by atoms with Gasteiger partial charge in [0.05, 0.1) is 41.1 Å². The molecule has 0 radical (unpaired) electrons. The van der Waals surface area contributed by atoms with Crippen molar-refractivity contribution >= 4 is 40.1 Å². The Morgan fingerprint density at radius 1 is 0.981 bits per heavy atom. The number of carbonyl (C=O) groups is 2. The smallest absolute Gasteiger partial charge is 0.251 e. The van der Waals surface area contributed by atoms with Gasteiger partial charge < -0.3 is 29.2 Å². The number of benzene rings is 3. The second-order valence-corrected chi connectivity index (χ2v) is 15.1. The van der Waals surface area contributed by atoms with Crippen LogP contribution in [0.3, 0.4) is 0 Å². The summed E-state index contributed by atoms with van der Waals surface area (Å²) in [5.74, 6) is 0.976. The summed E-state index contributed by atoms with van der Waals surface area (Å²) in [6.45, 7) is 10.1. The molecule has 1 fully saturated rings. The molecule has 0 aliphatic carbocycles. The molecule has 2 heterocycles. The minimum absolute atomic E-state index is 0.0775. The first-order chi connectivity index (χ1) is 25.7. The second-order valence-electron chi connectivity index (χ2n) is 13.7. The molecule has 1 saturated heterocycles. The number of rotatable bonds is 18.